The molecule has 0 aromatic carbocycles. The highest BCUT2D eigenvalue weighted by molar-refractivity contribution is 4.60. The third-order valence-corrected chi connectivity index (χ3v) is 3.00. The van der Waals surface area contributed by atoms with Crippen LogP contribution in [-0.2, 0) is 0 Å². The van der Waals surface area contributed by atoms with Gasteiger partial charge < -0.3 is 43.4 Å². The van der Waals surface area contributed by atoms with Crippen molar-refractivity contribution in [2.45, 2.75) is 114 Å². The van der Waals surface area contributed by atoms with Crippen LogP contribution in [0, 0.1) is 0 Å². The van der Waals surface area contributed by atoms with E-state index >= 15 is 0 Å². The standard InChI is InChI=1S/C5H13N.3C4H11N.3C3H9N.C3H8.H3N/c1-4-6(3)5-2;1-4-5(2)3;1-4(2,3)5;1-3-4(2)5;1-4(2)3;1-3-4-2;1-2-3-4;1-3-2;/h4-5H2,1-3H3;4H2,1-3H3;5H2,1-3H3;4H,3,5H2,1-2H3;1-3H3;4H,3H2,1-2H3;2-4H2,1H3;3H2,1-2H3;1H3. The molecular formula is C29H84N8. The molecule has 0 spiro atoms. The van der Waals surface area contributed by atoms with Gasteiger partial charge in [-0.05, 0) is 123 Å². The van der Waals surface area contributed by atoms with E-state index in [1.54, 1.807) is 0 Å². The number of nitrogens with one attached hydrogen (secondary N) is 1. The summed E-state index contributed by atoms with van der Waals surface area (Å²) in [6, 6.07) is 0.384. The monoisotopic (exact) mass is 545 g/mol. The Hall–Kier alpha value is -0.320. The van der Waals surface area contributed by atoms with Crippen LogP contribution < -0.4 is 28.7 Å². The van der Waals surface area contributed by atoms with Crippen LogP contribution in [0.4, 0.5) is 0 Å². The maximum atomic E-state index is 5.35. The van der Waals surface area contributed by atoms with Crippen molar-refractivity contribution in [1.29, 1.82) is 0 Å². The van der Waals surface area contributed by atoms with Crippen molar-refractivity contribution in [2.24, 2.45) is 17.2 Å². The van der Waals surface area contributed by atoms with Crippen LogP contribution in [-0.4, -0.2) is 108 Å². The lowest BCUT2D eigenvalue weighted by atomic mass is 10.1. The van der Waals surface area contributed by atoms with E-state index in [2.05, 4.69) is 91.6 Å². The first kappa shape index (κ1) is 60.9. The fourth-order valence-electron chi connectivity index (χ4n) is 0.224. The quantitative estimate of drug-likeness (QED) is 0.302. The van der Waals surface area contributed by atoms with Crippen molar-refractivity contribution >= 4 is 0 Å². The first-order valence-electron chi connectivity index (χ1n) is 14.2. The molecular weight excluding hydrogens is 460 g/mol. The topological polar surface area (TPSA) is 135 Å². The summed E-state index contributed by atoms with van der Waals surface area (Å²) in [5, 5.41) is 2.93. The predicted molar refractivity (Wildman–Crippen MR) is 180 cm³/mol. The normalized spacial score (nSPS) is 9.65. The second kappa shape index (κ2) is 60.3. The third-order valence-electron chi connectivity index (χ3n) is 3.00. The Labute approximate surface area is 239 Å². The van der Waals surface area contributed by atoms with E-state index in [1.807, 2.05) is 60.8 Å². The lowest BCUT2D eigenvalue weighted by Crippen LogP contribution is -2.26. The van der Waals surface area contributed by atoms with Crippen molar-refractivity contribution in [3.8, 4) is 0 Å². The Bertz CT molecular complexity index is 240. The second-order valence-corrected chi connectivity index (χ2v) is 10.2. The van der Waals surface area contributed by atoms with E-state index in [9.17, 15) is 0 Å². The molecule has 0 heterocycles. The van der Waals surface area contributed by atoms with Gasteiger partial charge in [-0.1, -0.05) is 61.8 Å². The highest BCUT2D eigenvalue weighted by Gasteiger charge is 1.95. The zero-order valence-corrected chi connectivity index (χ0v) is 30.0. The number of hydrogen-bond acceptors (Lipinski definition) is 8. The summed E-state index contributed by atoms with van der Waals surface area (Å²) >= 11 is 0. The summed E-state index contributed by atoms with van der Waals surface area (Å²) < 4.78 is 0. The molecule has 37 heavy (non-hydrogen) atoms. The van der Waals surface area contributed by atoms with Gasteiger partial charge in [-0.3, -0.25) is 0 Å². The molecule has 0 aromatic rings. The molecule has 0 aliphatic heterocycles. The first-order chi connectivity index (χ1) is 16.3. The highest BCUT2D eigenvalue weighted by atomic mass is 15.1. The van der Waals surface area contributed by atoms with Crippen LogP contribution in [0.1, 0.15) is 102 Å². The van der Waals surface area contributed by atoms with Crippen LogP contribution in [0.25, 0.3) is 0 Å². The molecule has 8 heteroatoms. The Morgan fingerprint density at radius 2 is 0.919 bits per heavy atom. The molecule has 0 saturated heterocycles. The van der Waals surface area contributed by atoms with Crippen LogP contribution in [0.3, 0.4) is 0 Å². The summed E-state index contributed by atoms with van der Waals surface area (Å²) in [6.45, 7) is 30.1. The van der Waals surface area contributed by atoms with Crippen LogP contribution in [0.5, 0.6) is 0 Å². The van der Waals surface area contributed by atoms with Crippen molar-refractivity contribution in [1.82, 2.24) is 26.2 Å². The second-order valence-electron chi connectivity index (χ2n) is 10.2. The number of nitrogens with zero attached hydrogens (tertiary/aromatic N) is 3. The van der Waals surface area contributed by atoms with E-state index in [0.717, 1.165) is 45.6 Å². The van der Waals surface area contributed by atoms with Crippen LogP contribution >= 0.6 is 0 Å². The zero-order valence-electron chi connectivity index (χ0n) is 30.0. The zero-order chi connectivity index (χ0) is 31.2. The lowest BCUT2D eigenvalue weighted by molar-refractivity contribution is 0.373. The van der Waals surface area contributed by atoms with Gasteiger partial charge in [-0.25, -0.2) is 0 Å². The molecule has 0 bridgehead atoms. The van der Waals surface area contributed by atoms with Gasteiger partial charge in [0.25, 0.3) is 0 Å². The molecule has 0 fully saturated rings. The van der Waals surface area contributed by atoms with Gasteiger partial charge in [-0.2, -0.15) is 0 Å². The molecule has 1 atom stereocenters. The number of hydrogen-bond donors (Lipinski definition) is 5. The molecule has 240 valence electrons. The highest BCUT2D eigenvalue weighted by Crippen LogP contribution is 1.88. The van der Waals surface area contributed by atoms with Gasteiger partial charge in [0.15, 0.2) is 0 Å². The fourth-order valence-corrected chi connectivity index (χ4v) is 0.224. The van der Waals surface area contributed by atoms with Crippen molar-refractivity contribution in [2.75, 3.05) is 82.1 Å². The van der Waals surface area contributed by atoms with E-state index in [0.29, 0.717) is 6.04 Å². The summed E-state index contributed by atoms with van der Waals surface area (Å²) in [6.07, 6.45) is 3.43. The number of nitrogens with two attached hydrogens (primary N) is 3. The first-order valence-corrected chi connectivity index (χ1v) is 14.2. The molecule has 10 N–H and O–H groups in total. The molecule has 1 unspecified atom stereocenters. The minimum atomic E-state index is 0. The summed E-state index contributed by atoms with van der Waals surface area (Å²) in [5.41, 5.74) is 15.7. The van der Waals surface area contributed by atoms with Gasteiger partial charge >= 0.3 is 0 Å². The Kier molecular flexibility index (Phi) is 99.3. The van der Waals surface area contributed by atoms with E-state index in [1.165, 1.54) is 6.42 Å². The number of rotatable bonds is 6. The van der Waals surface area contributed by atoms with Gasteiger partial charge in [0, 0.05) is 11.6 Å². The molecule has 0 aliphatic carbocycles. The predicted octanol–water partition coefficient (Wildman–Crippen LogP) is 5.35. The Morgan fingerprint density at radius 1 is 0.757 bits per heavy atom. The van der Waals surface area contributed by atoms with Crippen molar-refractivity contribution in [3.63, 3.8) is 0 Å². The van der Waals surface area contributed by atoms with E-state index < -0.39 is 0 Å². The van der Waals surface area contributed by atoms with Crippen LogP contribution in [0.15, 0.2) is 0 Å². The summed E-state index contributed by atoms with van der Waals surface area (Å²) in [7, 11) is 14.2. The molecule has 0 amide bonds. The Balaban J connectivity index is -0.0000000347. The molecule has 0 aromatic heterocycles. The van der Waals surface area contributed by atoms with Crippen LogP contribution in [0.2, 0.25) is 0 Å². The molecule has 0 saturated carbocycles. The van der Waals surface area contributed by atoms with Gasteiger partial charge in [0.2, 0.25) is 0 Å². The fraction of sp³-hybridized carbons (Fsp3) is 1.00. The van der Waals surface area contributed by atoms with E-state index in [4.69, 9.17) is 17.2 Å². The van der Waals surface area contributed by atoms with Gasteiger partial charge in [0.05, 0.1) is 0 Å². The lowest BCUT2D eigenvalue weighted by Gasteiger charge is -2.07. The van der Waals surface area contributed by atoms with Gasteiger partial charge in [-0.15, -0.1) is 0 Å². The summed E-state index contributed by atoms with van der Waals surface area (Å²) in [5.74, 6) is 0. The molecule has 0 rings (SSSR count). The molecule has 8 nitrogen and oxygen atoms in total. The maximum absolute atomic E-state index is 5.35. The van der Waals surface area contributed by atoms with Crippen molar-refractivity contribution < 1.29 is 0 Å². The Morgan fingerprint density at radius 3 is 0.919 bits per heavy atom. The largest absolute Gasteiger partial charge is 0.344 e. The average Bonchev–Trinajstić information content (AvgIpc) is 2.78. The van der Waals surface area contributed by atoms with Gasteiger partial charge in [0.1, 0.15) is 0 Å². The SMILES string of the molecule is CC(C)(C)N.CCC.CCC(C)N.CCCN.CCN(C)C.CCN(C)CC.CCNC.CN(C)C.N. The third kappa shape index (κ3) is 432. The minimum absolute atomic E-state index is 0. The molecule has 0 radical (unpaired) electrons. The smallest absolute Gasteiger partial charge is 0.00686 e. The average molecular weight is 545 g/mol. The minimum Gasteiger partial charge on any atom is -0.344 e. The van der Waals surface area contributed by atoms with E-state index in [-0.39, 0.29) is 11.7 Å². The van der Waals surface area contributed by atoms with Crippen molar-refractivity contribution in [3.05, 3.63) is 0 Å². The maximum Gasteiger partial charge on any atom is 0.00686 e. The molecule has 0 aliphatic rings. The summed E-state index contributed by atoms with van der Waals surface area (Å²) in [4.78, 5) is 6.38.